The van der Waals surface area contributed by atoms with Crippen molar-refractivity contribution < 1.29 is 14.6 Å². The number of aliphatic hydroxyl groups is 1. The minimum Gasteiger partial charge on any atom is -0.464 e. The van der Waals surface area contributed by atoms with Crippen molar-refractivity contribution in [2.45, 2.75) is 85.7 Å². The summed E-state index contributed by atoms with van der Waals surface area (Å²) in [5.74, 6) is 0.773. The number of hydrogen-bond acceptors (Lipinski definition) is 3. The quantitative estimate of drug-likeness (QED) is 0.437. The molecule has 0 bridgehead atoms. The van der Waals surface area contributed by atoms with Crippen LogP contribution in [0, 0.1) is 11.8 Å². The molecule has 3 heteroatoms. The van der Waals surface area contributed by atoms with Gasteiger partial charge < -0.3 is 9.84 Å². The highest BCUT2D eigenvalue weighted by molar-refractivity contribution is 5.78. The van der Waals surface area contributed by atoms with E-state index in [1.807, 2.05) is 0 Å². The third kappa shape index (κ3) is 11.8. The van der Waals surface area contributed by atoms with E-state index >= 15 is 0 Å². The Bertz CT molecular complexity index is 337. The summed E-state index contributed by atoms with van der Waals surface area (Å²) in [7, 11) is 0. The second kappa shape index (κ2) is 10.8. The molecule has 1 atom stereocenters. The van der Waals surface area contributed by atoms with Crippen LogP contribution in [-0.2, 0) is 9.53 Å². The van der Waals surface area contributed by atoms with Crippen molar-refractivity contribution in [2.75, 3.05) is 6.61 Å². The van der Waals surface area contributed by atoms with Crippen LogP contribution in [0.4, 0.5) is 0 Å². The fourth-order valence-electron chi connectivity index (χ4n) is 2.18. The molecule has 0 spiro atoms. The summed E-state index contributed by atoms with van der Waals surface area (Å²) in [5, 5.41) is 9.48. The average Bonchev–Trinajstić information content (AvgIpc) is 2.37. The lowest BCUT2D eigenvalue weighted by atomic mass is 9.99. The van der Waals surface area contributed by atoms with Crippen molar-refractivity contribution in [2.24, 2.45) is 11.8 Å². The summed E-state index contributed by atoms with van der Waals surface area (Å²) in [6.45, 7) is 12.2. The third-order valence-corrected chi connectivity index (χ3v) is 3.85. The van der Waals surface area contributed by atoms with Gasteiger partial charge in [-0.1, -0.05) is 38.8 Å². The predicted molar refractivity (Wildman–Crippen MR) is 92.7 cm³/mol. The molecule has 0 rings (SSSR count). The molecule has 3 nitrogen and oxygen atoms in total. The predicted octanol–water partition coefficient (Wildman–Crippen LogP) is 4.88. The molecular formula is C19H36O3. The van der Waals surface area contributed by atoms with Crippen LogP contribution in [-0.4, -0.2) is 23.3 Å². The van der Waals surface area contributed by atoms with Gasteiger partial charge in [0.2, 0.25) is 0 Å². The first kappa shape index (κ1) is 21.2. The largest absolute Gasteiger partial charge is 0.464 e. The molecule has 0 aliphatic heterocycles. The van der Waals surface area contributed by atoms with Gasteiger partial charge in [0, 0.05) is 0 Å². The Labute approximate surface area is 137 Å². The second-order valence-electron chi connectivity index (χ2n) is 7.50. The molecule has 0 amide bonds. The molecule has 0 aliphatic carbocycles. The van der Waals surface area contributed by atoms with Gasteiger partial charge in [0.25, 0.3) is 0 Å². The topological polar surface area (TPSA) is 46.5 Å². The van der Waals surface area contributed by atoms with Crippen molar-refractivity contribution in [1.82, 2.24) is 0 Å². The zero-order chi connectivity index (χ0) is 17.2. The van der Waals surface area contributed by atoms with Crippen LogP contribution in [0.15, 0.2) is 11.6 Å². The molecule has 0 aromatic carbocycles. The maximum absolute atomic E-state index is 11.4. The van der Waals surface area contributed by atoms with Gasteiger partial charge in [-0.25, -0.2) is 4.79 Å². The maximum atomic E-state index is 11.4. The minimum atomic E-state index is -1.39. The van der Waals surface area contributed by atoms with E-state index in [4.69, 9.17) is 4.74 Å². The van der Waals surface area contributed by atoms with E-state index in [0.717, 1.165) is 25.2 Å². The molecule has 0 aromatic rings. The van der Waals surface area contributed by atoms with Crippen molar-refractivity contribution >= 4 is 5.97 Å². The fourth-order valence-corrected chi connectivity index (χ4v) is 2.18. The number of esters is 1. The molecule has 0 fully saturated rings. The number of allylic oxidation sites excluding steroid dienone is 2. The Morgan fingerprint density at radius 3 is 2.36 bits per heavy atom. The van der Waals surface area contributed by atoms with Crippen LogP contribution in [0.25, 0.3) is 0 Å². The summed E-state index contributed by atoms with van der Waals surface area (Å²) in [6.07, 6.45) is 9.18. The molecular weight excluding hydrogens is 276 g/mol. The molecule has 1 N–H and O–H groups in total. The molecule has 130 valence electrons. The Morgan fingerprint density at radius 1 is 1.18 bits per heavy atom. The normalized spacial score (nSPS) is 14.3. The molecule has 22 heavy (non-hydrogen) atoms. The van der Waals surface area contributed by atoms with E-state index in [9.17, 15) is 9.90 Å². The van der Waals surface area contributed by atoms with Crippen molar-refractivity contribution in [3.8, 4) is 0 Å². The summed E-state index contributed by atoms with van der Waals surface area (Å²) >= 11 is 0. The number of rotatable bonds is 11. The van der Waals surface area contributed by atoms with Gasteiger partial charge in [-0.15, -0.1) is 0 Å². The van der Waals surface area contributed by atoms with Crippen LogP contribution in [0.1, 0.15) is 80.1 Å². The van der Waals surface area contributed by atoms with E-state index in [1.165, 1.54) is 38.7 Å². The molecule has 1 unspecified atom stereocenters. The Morgan fingerprint density at radius 2 is 1.82 bits per heavy atom. The molecule has 0 radical (unpaired) electrons. The van der Waals surface area contributed by atoms with Crippen molar-refractivity contribution in [3.05, 3.63) is 11.6 Å². The number of carbonyl (C=O) groups is 1. The lowest BCUT2D eigenvalue weighted by Gasteiger charge is -2.17. The van der Waals surface area contributed by atoms with Crippen LogP contribution in [0.2, 0.25) is 0 Å². The molecule has 0 saturated carbocycles. The van der Waals surface area contributed by atoms with Crippen LogP contribution >= 0.6 is 0 Å². The van der Waals surface area contributed by atoms with E-state index in [2.05, 4.69) is 33.8 Å². The van der Waals surface area contributed by atoms with E-state index in [1.54, 1.807) is 0 Å². The SMILES string of the molecule is CC(=CCCC(C)CCOC(=O)C(C)(C)O)CCCC(C)C. The highest BCUT2D eigenvalue weighted by Crippen LogP contribution is 2.16. The lowest BCUT2D eigenvalue weighted by molar-refractivity contribution is -0.162. The summed E-state index contributed by atoms with van der Waals surface area (Å²) < 4.78 is 5.08. The first-order chi connectivity index (χ1) is 10.1. The van der Waals surface area contributed by atoms with Gasteiger partial charge in [-0.3, -0.25) is 0 Å². The summed E-state index contributed by atoms with van der Waals surface area (Å²) in [5.41, 5.74) is 0.0975. The highest BCUT2D eigenvalue weighted by Gasteiger charge is 2.25. The molecule has 0 aliphatic rings. The number of carbonyl (C=O) groups excluding carboxylic acids is 1. The van der Waals surface area contributed by atoms with Crippen LogP contribution in [0.3, 0.4) is 0 Å². The first-order valence-corrected chi connectivity index (χ1v) is 8.68. The Hall–Kier alpha value is -0.830. The molecule has 0 heterocycles. The summed E-state index contributed by atoms with van der Waals surface area (Å²) in [6, 6.07) is 0. The van der Waals surface area contributed by atoms with Gasteiger partial charge in [0.15, 0.2) is 5.60 Å². The zero-order valence-corrected chi connectivity index (χ0v) is 15.4. The van der Waals surface area contributed by atoms with Gasteiger partial charge in [-0.05, 0) is 64.7 Å². The van der Waals surface area contributed by atoms with Gasteiger partial charge in [0.05, 0.1) is 6.61 Å². The lowest BCUT2D eigenvalue weighted by Crippen LogP contribution is -2.33. The first-order valence-electron chi connectivity index (χ1n) is 8.68. The van der Waals surface area contributed by atoms with Crippen LogP contribution in [0.5, 0.6) is 0 Å². The van der Waals surface area contributed by atoms with Gasteiger partial charge in [0.1, 0.15) is 0 Å². The van der Waals surface area contributed by atoms with Gasteiger partial charge in [-0.2, -0.15) is 0 Å². The van der Waals surface area contributed by atoms with E-state index in [-0.39, 0.29) is 0 Å². The monoisotopic (exact) mass is 312 g/mol. The highest BCUT2D eigenvalue weighted by atomic mass is 16.5. The summed E-state index contributed by atoms with van der Waals surface area (Å²) in [4.78, 5) is 11.4. The third-order valence-electron chi connectivity index (χ3n) is 3.85. The van der Waals surface area contributed by atoms with Crippen molar-refractivity contribution in [1.29, 1.82) is 0 Å². The molecule has 0 aromatic heterocycles. The van der Waals surface area contributed by atoms with Gasteiger partial charge >= 0.3 is 5.97 Å². The fraction of sp³-hybridized carbons (Fsp3) is 0.842. The molecule has 0 saturated heterocycles. The van der Waals surface area contributed by atoms with Crippen LogP contribution < -0.4 is 0 Å². The number of hydrogen-bond donors (Lipinski definition) is 1. The van der Waals surface area contributed by atoms with Crippen molar-refractivity contribution in [3.63, 3.8) is 0 Å². The second-order valence-corrected chi connectivity index (χ2v) is 7.50. The Kier molecular flexibility index (Phi) is 10.4. The van der Waals surface area contributed by atoms with E-state index < -0.39 is 11.6 Å². The maximum Gasteiger partial charge on any atom is 0.337 e. The zero-order valence-electron chi connectivity index (χ0n) is 15.4. The number of ether oxygens (including phenoxy) is 1. The standard InChI is InChI=1S/C19H36O3/c1-15(2)9-7-10-16(3)11-8-12-17(4)13-14-22-18(20)19(5,6)21/h11,15,17,21H,7-10,12-14H2,1-6H3. The average molecular weight is 312 g/mol. The Balaban J connectivity index is 3.76. The smallest absolute Gasteiger partial charge is 0.337 e. The van der Waals surface area contributed by atoms with E-state index in [0.29, 0.717) is 12.5 Å². The minimum absolute atomic E-state index is 0.390.